The first-order valence-corrected chi connectivity index (χ1v) is 6.83. The van der Waals surface area contributed by atoms with E-state index in [1.165, 1.54) is 21.6 Å². The molecular weight excluding hydrogens is 244 g/mol. The molecule has 0 amide bonds. The third kappa shape index (κ3) is 1.29. The van der Waals surface area contributed by atoms with E-state index in [0.29, 0.717) is 0 Å². The van der Waals surface area contributed by atoms with E-state index in [4.69, 9.17) is 4.42 Å². The summed E-state index contributed by atoms with van der Waals surface area (Å²) in [5.74, 6) is 0. The zero-order valence-electron chi connectivity index (χ0n) is 10.0. The first kappa shape index (κ1) is 10.3. The van der Waals surface area contributed by atoms with Gasteiger partial charge in [0, 0.05) is 22.4 Å². The molecule has 0 aliphatic carbocycles. The lowest BCUT2D eigenvalue weighted by Crippen LogP contribution is -2.20. The van der Waals surface area contributed by atoms with Gasteiger partial charge >= 0.3 is 0 Å². The number of hydrogen-bond donors (Lipinski definition) is 0. The molecule has 4 rings (SSSR count). The van der Waals surface area contributed by atoms with E-state index in [9.17, 15) is 0 Å². The van der Waals surface area contributed by atoms with Gasteiger partial charge in [0.1, 0.15) is 5.58 Å². The zero-order valence-corrected chi connectivity index (χ0v) is 10.8. The molecular formula is C14H12N2OS. The van der Waals surface area contributed by atoms with E-state index in [-0.39, 0.29) is 0 Å². The largest absolute Gasteiger partial charge is 0.464 e. The van der Waals surface area contributed by atoms with Crippen molar-refractivity contribution in [3.8, 4) is 0 Å². The lowest BCUT2D eigenvalue weighted by molar-refractivity contribution is 0.615. The summed E-state index contributed by atoms with van der Waals surface area (Å²) < 4.78 is 5.49. The van der Waals surface area contributed by atoms with Crippen LogP contribution >= 0.6 is 11.8 Å². The van der Waals surface area contributed by atoms with Gasteiger partial charge in [-0.3, -0.25) is 4.99 Å². The summed E-state index contributed by atoms with van der Waals surface area (Å²) in [5, 5.41) is 2.32. The Labute approximate surface area is 109 Å². The molecule has 3 nitrogen and oxygen atoms in total. The molecule has 0 saturated carbocycles. The van der Waals surface area contributed by atoms with E-state index in [1.54, 1.807) is 18.0 Å². The normalized spacial score (nSPS) is 18.7. The smallest absolute Gasteiger partial charge is 0.168 e. The van der Waals surface area contributed by atoms with Crippen LogP contribution in [-0.2, 0) is 0 Å². The maximum Gasteiger partial charge on any atom is 0.168 e. The van der Waals surface area contributed by atoms with Gasteiger partial charge < -0.3 is 9.32 Å². The summed E-state index contributed by atoms with van der Waals surface area (Å²) in [7, 11) is 0. The molecule has 0 fully saturated rings. The fourth-order valence-electron chi connectivity index (χ4n) is 2.63. The average molecular weight is 256 g/mol. The van der Waals surface area contributed by atoms with Gasteiger partial charge in [-0.2, -0.15) is 0 Å². The average Bonchev–Trinajstić information content (AvgIpc) is 3.02. The van der Waals surface area contributed by atoms with Crippen molar-refractivity contribution in [3.05, 3.63) is 41.0 Å². The maximum absolute atomic E-state index is 5.49. The second-order valence-electron chi connectivity index (χ2n) is 4.46. The van der Waals surface area contributed by atoms with Crippen molar-refractivity contribution in [1.82, 2.24) is 4.90 Å². The van der Waals surface area contributed by atoms with Crippen LogP contribution in [0.25, 0.3) is 16.7 Å². The van der Waals surface area contributed by atoms with E-state index < -0.39 is 0 Å². The van der Waals surface area contributed by atoms with Gasteiger partial charge in [0.2, 0.25) is 0 Å². The second-order valence-corrected chi connectivity index (χ2v) is 5.64. The number of amidine groups is 1. The Morgan fingerprint density at radius 3 is 3.22 bits per heavy atom. The van der Waals surface area contributed by atoms with Gasteiger partial charge in [0.15, 0.2) is 5.17 Å². The van der Waals surface area contributed by atoms with Crippen LogP contribution in [0.1, 0.15) is 12.5 Å². The fourth-order valence-corrected chi connectivity index (χ4v) is 3.67. The SMILES string of the molecule is CC1=C(c2cccc3occc23)N2CCN=C2S1. The molecule has 0 atom stereocenters. The number of aliphatic imine (C=N–C) groups is 1. The molecule has 18 heavy (non-hydrogen) atoms. The molecule has 1 aromatic heterocycles. The maximum atomic E-state index is 5.49. The highest BCUT2D eigenvalue weighted by atomic mass is 32.2. The minimum Gasteiger partial charge on any atom is -0.464 e. The van der Waals surface area contributed by atoms with Crippen LogP contribution in [0.4, 0.5) is 0 Å². The third-order valence-corrected chi connectivity index (χ3v) is 4.43. The fraction of sp³-hybridized carbons (Fsp3) is 0.214. The Hall–Kier alpha value is -1.68. The molecule has 0 spiro atoms. The summed E-state index contributed by atoms with van der Waals surface area (Å²) in [6.45, 7) is 4.06. The molecule has 1 aromatic carbocycles. The molecule has 0 radical (unpaired) electrons. The Balaban J connectivity index is 1.95. The Bertz CT molecular complexity index is 699. The van der Waals surface area contributed by atoms with Crippen molar-refractivity contribution in [2.45, 2.75) is 6.92 Å². The summed E-state index contributed by atoms with van der Waals surface area (Å²) in [4.78, 5) is 8.17. The number of thioether (sulfide) groups is 1. The van der Waals surface area contributed by atoms with Crippen LogP contribution in [0.3, 0.4) is 0 Å². The molecule has 2 aliphatic rings. The molecule has 4 heteroatoms. The quantitative estimate of drug-likeness (QED) is 0.781. The van der Waals surface area contributed by atoms with Crippen molar-refractivity contribution in [1.29, 1.82) is 0 Å². The van der Waals surface area contributed by atoms with E-state index in [0.717, 1.165) is 23.8 Å². The van der Waals surface area contributed by atoms with Crippen LogP contribution in [0.2, 0.25) is 0 Å². The van der Waals surface area contributed by atoms with Crippen molar-refractivity contribution >= 4 is 33.6 Å². The number of rotatable bonds is 1. The van der Waals surface area contributed by atoms with Gasteiger partial charge in [-0.25, -0.2) is 0 Å². The lowest BCUT2D eigenvalue weighted by Gasteiger charge is -2.17. The Morgan fingerprint density at radius 1 is 1.33 bits per heavy atom. The van der Waals surface area contributed by atoms with Crippen molar-refractivity contribution in [2.24, 2.45) is 4.99 Å². The van der Waals surface area contributed by atoms with Crippen LogP contribution in [0.15, 0.2) is 44.8 Å². The molecule has 3 heterocycles. The lowest BCUT2D eigenvalue weighted by atomic mass is 10.1. The van der Waals surface area contributed by atoms with Crippen LogP contribution in [0.5, 0.6) is 0 Å². The Kier molecular flexibility index (Phi) is 2.08. The molecule has 0 unspecified atom stereocenters. The minimum absolute atomic E-state index is 0.903. The van der Waals surface area contributed by atoms with Gasteiger partial charge in [-0.15, -0.1) is 0 Å². The summed E-state index contributed by atoms with van der Waals surface area (Å²) in [6.07, 6.45) is 1.76. The van der Waals surface area contributed by atoms with Gasteiger partial charge in [0.25, 0.3) is 0 Å². The number of benzene rings is 1. The second kappa shape index (κ2) is 3.65. The highest BCUT2D eigenvalue weighted by molar-refractivity contribution is 8.17. The van der Waals surface area contributed by atoms with E-state index >= 15 is 0 Å². The molecule has 2 aromatic rings. The van der Waals surface area contributed by atoms with Crippen molar-refractivity contribution in [2.75, 3.05) is 13.1 Å². The van der Waals surface area contributed by atoms with E-state index in [1.807, 2.05) is 12.1 Å². The highest BCUT2D eigenvalue weighted by Gasteiger charge is 2.31. The molecule has 90 valence electrons. The number of nitrogens with zero attached hydrogens (tertiary/aromatic N) is 2. The number of fused-ring (bicyclic) bond motifs is 2. The summed E-state index contributed by atoms with van der Waals surface area (Å²) >= 11 is 1.78. The zero-order chi connectivity index (χ0) is 12.1. The first-order chi connectivity index (χ1) is 8.84. The molecule has 2 aliphatic heterocycles. The number of furan rings is 1. The topological polar surface area (TPSA) is 28.7 Å². The van der Waals surface area contributed by atoms with Gasteiger partial charge in [0.05, 0.1) is 18.5 Å². The minimum atomic E-state index is 0.903. The summed E-state index contributed by atoms with van der Waals surface area (Å²) in [6, 6.07) is 8.27. The van der Waals surface area contributed by atoms with E-state index in [2.05, 4.69) is 28.9 Å². The van der Waals surface area contributed by atoms with Crippen LogP contribution < -0.4 is 0 Å². The van der Waals surface area contributed by atoms with Crippen LogP contribution in [0, 0.1) is 0 Å². The molecule has 0 N–H and O–H groups in total. The standard InChI is InChI=1S/C14H12N2OS/c1-9-13(16-7-6-15-14(16)18-9)11-3-2-4-12-10(11)5-8-17-12/h2-5,8H,6-7H2,1H3. The van der Waals surface area contributed by atoms with Crippen LogP contribution in [-0.4, -0.2) is 23.2 Å². The van der Waals surface area contributed by atoms with Gasteiger partial charge in [-0.1, -0.05) is 23.9 Å². The highest BCUT2D eigenvalue weighted by Crippen LogP contribution is 2.43. The third-order valence-electron chi connectivity index (χ3n) is 3.40. The predicted molar refractivity (Wildman–Crippen MR) is 75.4 cm³/mol. The van der Waals surface area contributed by atoms with Crippen molar-refractivity contribution < 1.29 is 4.42 Å². The first-order valence-electron chi connectivity index (χ1n) is 6.02. The number of hydrogen-bond acceptors (Lipinski definition) is 4. The Morgan fingerprint density at radius 2 is 2.28 bits per heavy atom. The van der Waals surface area contributed by atoms with Gasteiger partial charge in [-0.05, 0) is 19.1 Å². The summed E-state index contributed by atoms with van der Waals surface area (Å²) in [5.41, 5.74) is 3.49. The monoisotopic (exact) mass is 256 g/mol. The molecule has 0 saturated heterocycles. The number of allylic oxidation sites excluding steroid dienone is 1. The predicted octanol–water partition coefficient (Wildman–Crippen LogP) is 3.54. The van der Waals surface area contributed by atoms with Crippen molar-refractivity contribution in [3.63, 3.8) is 0 Å². The molecule has 0 bridgehead atoms.